The van der Waals surface area contributed by atoms with Gasteiger partial charge in [0.1, 0.15) is 0 Å². The third-order valence-corrected chi connectivity index (χ3v) is 2.94. The first-order valence-electron chi connectivity index (χ1n) is 7.02. The van der Waals surface area contributed by atoms with E-state index in [1.807, 2.05) is 0 Å². The number of carbonyl (C=O) groups excluding carboxylic acids is 2. The summed E-state index contributed by atoms with van der Waals surface area (Å²) in [5.41, 5.74) is 0.619. The molecule has 7 heteroatoms. The van der Waals surface area contributed by atoms with Crippen molar-refractivity contribution in [2.75, 3.05) is 27.2 Å². The molecule has 0 radical (unpaired) electrons. The largest absolute Gasteiger partial charge is 0.491 e. The van der Waals surface area contributed by atoms with E-state index in [2.05, 4.69) is 10.6 Å². The molecule has 0 spiro atoms. The summed E-state index contributed by atoms with van der Waals surface area (Å²) in [5.74, 6) is -0.638. The number of carbonyl (C=O) groups is 2. The number of amides is 3. The topological polar surface area (TPSA) is 70.7 Å². The van der Waals surface area contributed by atoms with Crippen molar-refractivity contribution in [1.29, 1.82) is 0 Å². The van der Waals surface area contributed by atoms with E-state index >= 15 is 0 Å². The van der Waals surface area contributed by atoms with E-state index in [9.17, 15) is 14.0 Å². The minimum Gasteiger partial charge on any atom is -0.491 e. The van der Waals surface area contributed by atoms with Gasteiger partial charge in [0.15, 0.2) is 11.6 Å². The lowest BCUT2D eigenvalue weighted by molar-refractivity contribution is -0.120. The molecular formula is C15H22FN3O3. The van der Waals surface area contributed by atoms with Crippen molar-refractivity contribution in [2.24, 2.45) is 0 Å². The molecule has 0 aliphatic heterocycles. The van der Waals surface area contributed by atoms with Crippen LogP contribution in [0, 0.1) is 5.82 Å². The predicted molar refractivity (Wildman–Crippen MR) is 81.2 cm³/mol. The zero-order valence-corrected chi connectivity index (χ0v) is 13.3. The van der Waals surface area contributed by atoms with Gasteiger partial charge in [0.2, 0.25) is 5.91 Å². The summed E-state index contributed by atoms with van der Waals surface area (Å²) in [7, 11) is 3.16. The normalized spacial score (nSPS) is 11.5. The molecule has 2 N–H and O–H groups in total. The highest BCUT2D eigenvalue weighted by atomic mass is 19.1. The Morgan fingerprint density at radius 2 is 2.05 bits per heavy atom. The molecule has 0 aliphatic rings. The number of halogens is 1. The van der Waals surface area contributed by atoms with Crippen molar-refractivity contribution in [2.45, 2.75) is 19.9 Å². The van der Waals surface area contributed by atoms with Crippen LogP contribution in [0.25, 0.3) is 0 Å². The highest BCUT2D eigenvalue weighted by Gasteiger charge is 2.13. The van der Waals surface area contributed by atoms with Gasteiger partial charge in [-0.3, -0.25) is 4.79 Å². The van der Waals surface area contributed by atoms with Crippen LogP contribution in [-0.4, -0.2) is 44.1 Å². The highest BCUT2D eigenvalue weighted by molar-refractivity contribution is 5.84. The summed E-state index contributed by atoms with van der Waals surface area (Å²) in [6.07, 6.45) is 0. The lowest BCUT2D eigenvalue weighted by Gasteiger charge is -2.16. The second kappa shape index (κ2) is 8.21. The number of nitrogens with one attached hydrogen (secondary N) is 2. The van der Waals surface area contributed by atoms with Gasteiger partial charge in [0.05, 0.1) is 19.2 Å². The van der Waals surface area contributed by atoms with Crippen molar-refractivity contribution in [3.63, 3.8) is 0 Å². The van der Waals surface area contributed by atoms with E-state index in [0.29, 0.717) is 12.2 Å². The number of nitrogens with zero attached hydrogens (tertiary/aromatic N) is 1. The lowest BCUT2D eigenvalue weighted by atomic mass is 10.1. The smallest absolute Gasteiger partial charge is 0.317 e. The standard InChI is InChI=1S/C15H22FN3O3/c1-5-22-13-7-6-11(8-12(13)16)10(2)18-14(20)9-17-15(21)19(3)4/h6-8,10H,5,9H2,1-4H3,(H,17,21)(H,18,20)/t10-/m0/s1. The summed E-state index contributed by atoms with van der Waals surface area (Å²) in [6, 6.07) is 3.82. The van der Waals surface area contributed by atoms with Gasteiger partial charge < -0.3 is 20.3 Å². The van der Waals surface area contributed by atoms with E-state index in [-0.39, 0.29) is 30.3 Å². The highest BCUT2D eigenvalue weighted by Crippen LogP contribution is 2.22. The summed E-state index contributed by atoms with van der Waals surface area (Å²) in [4.78, 5) is 24.4. The molecule has 0 aliphatic carbocycles. The zero-order valence-electron chi connectivity index (χ0n) is 13.3. The van der Waals surface area contributed by atoms with E-state index in [1.54, 1.807) is 34.0 Å². The molecular weight excluding hydrogens is 289 g/mol. The number of rotatable bonds is 6. The molecule has 0 aromatic heterocycles. The van der Waals surface area contributed by atoms with E-state index in [1.165, 1.54) is 17.0 Å². The van der Waals surface area contributed by atoms with Gasteiger partial charge in [0.25, 0.3) is 0 Å². The monoisotopic (exact) mass is 311 g/mol. The van der Waals surface area contributed by atoms with E-state index < -0.39 is 5.82 Å². The summed E-state index contributed by atoms with van der Waals surface area (Å²) in [5, 5.41) is 5.15. The molecule has 122 valence electrons. The van der Waals surface area contributed by atoms with Gasteiger partial charge in [0, 0.05) is 14.1 Å². The van der Waals surface area contributed by atoms with Crippen molar-refractivity contribution in [3.05, 3.63) is 29.6 Å². The lowest BCUT2D eigenvalue weighted by Crippen LogP contribution is -2.42. The van der Waals surface area contributed by atoms with Crippen LogP contribution in [0.1, 0.15) is 25.5 Å². The van der Waals surface area contributed by atoms with Crippen molar-refractivity contribution < 1.29 is 18.7 Å². The Kier molecular flexibility index (Phi) is 6.62. The summed E-state index contributed by atoms with van der Waals surface area (Å²) >= 11 is 0. The first-order chi connectivity index (χ1) is 10.3. The predicted octanol–water partition coefficient (Wildman–Crippen LogP) is 1.67. The molecule has 3 amide bonds. The summed E-state index contributed by atoms with van der Waals surface area (Å²) in [6.45, 7) is 3.76. The van der Waals surface area contributed by atoms with Gasteiger partial charge in [-0.2, -0.15) is 0 Å². The van der Waals surface area contributed by atoms with Gasteiger partial charge in [-0.1, -0.05) is 6.07 Å². The van der Waals surface area contributed by atoms with Crippen LogP contribution in [0.2, 0.25) is 0 Å². The molecule has 1 aromatic carbocycles. The maximum Gasteiger partial charge on any atom is 0.317 e. The minimum atomic E-state index is -0.471. The van der Waals surface area contributed by atoms with Crippen LogP contribution in [-0.2, 0) is 4.79 Å². The number of urea groups is 1. The fourth-order valence-corrected chi connectivity index (χ4v) is 1.75. The van der Waals surface area contributed by atoms with Crippen LogP contribution >= 0.6 is 0 Å². The third kappa shape index (κ3) is 5.23. The van der Waals surface area contributed by atoms with Gasteiger partial charge in [-0.15, -0.1) is 0 Å². The number of benzene rings is 1. The molecule has 0 unspecified atom stereocenters. The Morgan fingerprint density at radius 3 is 2.59 bits per heavy atom. The van der Waals surface area contributed by atoms with Gasteiger partial charge >= 0.3 is 6.03 Å². The molecule has 1 aromatic rings. The van der Waals surface area contributed by atoms with Crippen molar-refractivity contribution in [1.82, 2.24) is 15.5 Å². The molecule has 1 rings (SSSR count). The van der Waals surface area contributed by atoms with Crippen LogP contribution in [0.5, 0.6) is 5.75 Å². The molecule has 0 fully saturated rings. The zero-order chi connectivity index (χ0) is 16.7. The Hall–Kier alpha value is -2.31. The molecule has 6 nitrogen and oxygen atoms in total. The number of hydrogen-bond donors (Lipinski definition) is 2. The number of hydrogen-bond acceptors (Lipinski definition) is 3. The maximum absolute atomic E-state index is 13.8. The first-order valence-corrected chi connectivity index (χ1v) is 7.02. The Bertz CT molecular complexity index is 535. The molecule has 0 bridgehead atoms. The van der Waals surface area contributed by atoms with Crippen LogP contribution in [0.3, 0.4) is 0 Å². The maximum atomic E-state index is 13.8. The van der Waals surface area contributed by atoms with Crippen molar-refractivity contribution in [3.8, 4) is 5.75 Å². The van der Waals surface area contributed by atoms with E-state index in [4.69, 9.17) is 4.74 Å². The average molecular weight is 311 g/mol. The van der Waals surface area contributed by atoms with E-state index in [0.717, 1.165) is 0 Å². The Labute approximate surface area is 129 Å². The second-order valence-corrected chi connectivity index (χ2v) is 4.97. The summed E-state index contributed by atoms with van der Waals surface area (Å²) < 4.78 is 18.9. The van der Waals surface area contributed by atoms with Gasteiger partial charge in [-0.05, 0) is 31.5 Å². The number of ether oxygens (including phenoxy) is 1. The molecule has 0 saturated carbocycles. The van der Waals surface area contributed by atoms with Crippen LogP contribution in [0.15, 0.2) is 18.2 Å². The van der Waals surface area contributed by atoms with Crippen molar-refractivity contribution >= 4 is 11.9 Å². The fraction of sp³-hybridized carbons (Fsp3) is 0.467. The van der Waals surface area contributed by atoms with Crippen LogP contribution in [0.4, 0.5) is 9.18 Å². The second-order valence-electron chi connectivity index (χ2n) is 4.97. The SMILES string of the molecule is CCOc1ccc([C@H](C)NC(=O)CNC(=O)N(C)C)cc1F. The molecule has 0 heterocycles. The van der Waals surface area contributed by atoms with Gasteiger partial charge in [-0.25, -0.2) is 9.18 Å². The fourth-order valence-electron chi connectivity index (χ4n) is 1.75. The van der Waals surface area contributed by atoms with Crippen LogP contribution < -0.4 is 15.4 Å². The average Bonchev–Trinajstić information content (AvgIpc) is 2.46. The Morgan fingerprint density at radius 1 is 1.36 bits per heavy atom. The molecule has 0 saturated heterocycles. The molecule has 1 atom stereocenters. The first kappa shape index (κ1) is 17.7. The minimum absolute atomic E-state index is 0.138. The Balaban J connectivity index is 2.57. The third-order valence-electron chi connectivity index (χ3n) is 2.94. The quantitative estimate of drug-likeness (QED) is 0.839. The molecule has 22 heavy (non-hydrogen) atoms.